The molecule has 0 bridgehead atoms. The van der Waals surface area contributed by atoms with E-state index >= 15 is 0 Å². The summed E-state index contributed by atoms with van der Waals surface area (Å²) in [7, 11) is 3.14. The van der Waals surface area contributed by atoms with Crippen molar-refractivity contribution in [2.24, 2.45) is 5.41 Å². The summed E-state index contributed by atoms with van der Waals surface area (Å²) in [6.07, 6.45) is 0.532. The number of carbonyl (C=O) groups excluding carboxylic acids is 2. The van der Waals surface area contributed by atoms with E-state index in [1.165, 1.54) is 0 Å². The summed E-state index contributed by atoms with van der Waals surface area (Å²) in [6.45, 7) is 5.15. The molecule has 1 amide bonds. The molecule has 1 saturated heterocycles. The number of carbonyl (C=O) groups is 2. The molecule has 0 atom stereocenters. The minimum absolute atomic E-state index is 0.157. The molecule has 0 radical (unpaired) electrons. The number of ketones is 1. The fourth-order valence-corrected chi connectivity index (χ4v) is 4.36. The second kappa shape index (κ2) is 9.93. The highest BCUT2D eigenvalue weighted by Crippen LogP contribution is 2.47. The zero-order chi connectivity index (χ0) is 24.3. The van der Waals surface area contributed by atoms with Crippen LogP contribution in [0.25, 0.3) is 11.1 Å². The highest BCUT2D eigenvalue weighted by Gasteiger charge is 2.41. The Morgan fingerprint density at radius 2 is 1.79 bits per heavy atom. The number of amides is 1. The lowest BCUT2D eigenvalue weighted by Gasteiger charge is -2.41. The Labute approximate surface area is 199 Å². The summed E-state index contributed by atoms with van der Waals surface area (Å²) in [5.74, 6) is 1.71. The zero-order valence-electron chi connectivity index (χ0n) is 20.1. The van der Waals surface area contributed by atoms with Gasteiger partial charge in [0.2, 0.25) is 5.75 Å². The van der Waals surface area contributed by atoms with Gasteiger partial charge in [-0.1, -0.05) is 18.2 Å². The summed E-state index contributed by atoms with van der Waals surface area (Å²) in [5.41, 5.74) is 3.15. The van der Waals surface area contributed by atoms with Crippen molar-refractivity contribution in [1.82, 2.24) is 5.32 Å². The highest BCUT2D eigenvalue weighted by atomic mass is 16.6. The van der Waals surface area contributed by atoms with Crippen molar-refractivity contribution in [2.45, 2.75) is 32.8 Å². The van der Waals surface area contributed by atoms with Crippen molar-refractivity contribution in [3.8, 4) is 28.4 Å². The van der Waals surface area contributed by atoms with E-state index in [1.807, 2.05) is 30.3 Å². The lowest BCUT2D eigenvalue weighted by Crippen LogP contribution is -2.54. The van der Waals surface area contributed by atoms with Crippen LogP contribution < -0.4 is 19.5 Å². The van der Waals surface area contributed by atoms with E-state index in [0.29, 0.717) is 56.5 Å². The number of hydrogen-bond donors (Lipinski definition) is 1. The molecule has 1 aliphatic carbocycles. The van der Waals surface area contributed by atoms with Crippen molar-refractivity contribution >= 4 is 11.9 Å². The summed E-state index contributed by atoms with van der Waals surface area (Å²) in [4.78, 5) is 24.3. The first-order chi connectivity index (χ1) is 16.4. The van der Waals surface area contributed by atoms with Gasteiger partial charge in [-0.05, 0) is 43.5 Å². The lowest BCUT2D eigenvalue weighted by atomic mass is 9.87. The standard InChI is InChI=1S/C26H31NO7/c1-16(2)34-25(29)27-12-26(13-32-14-26)15-33-23-20(9-11-22(30-3)24(23)31-4)17-6-5-7-19-18(17)8-10-21(19)28/h5-7,9,11,16H,8,10,12-15H2,1-4H3,(H,27,29). The van der Waals surface area contributed by atoms with Crippen LogP contribution in [0.5, 0.6) is 17.2 Å². The Bertz CT molecular complexity index is 1080. The molecule has 8 heteroatoms. The van der Waals surface area contributed by atoms with Gasteiger partial charge in [0.05, 0.1) is 39.0 Å². The summed E-state index contributed by atoms with van der Waals surface area (Å²) < 4.78 is 28.2. The molecule has 0 unspecified atom stereocenters. The summed E-state index contributed by atoms with van der Waals surface area (Å²) in [6, 6.07) is 9.53. The summed E-state index contributed by atoms with van der Waals surface area (Å²) in [5, 5.41) is 2.81. The van der Waals surface area contributed by atoms with Crippen LogP contribution in [-0.2, 0) is 15.9 Å². The average molecular weight is 470 g/mol. The second-order valence-corrected chi connectivity index (χ2v) is 9.02. The van der Waals surface area contributed by atoms with Crippen molar-refractivity contribution in [3.05, 3.63) is 41.5 Å². The van der Waals surface area contributed by atoms with Crippen LogP contribution in [0.4, 0.5) is 4.79 Å². The summed E-state index contributed by atoms with van der Waals surface area (Å²) >= 11 is 0. The third-order valence-electron chi connectivity index (χ3n) is 6.16. The van der Waals surface area contributed by atoms with Gasteiger partial charge in [-0.3, -0.25) is 4.79 Å². The van der Waals surface area contributed by atoms with E-state index in [1.54, 1.807) is 28.1 Å². The molecule has 0 saturated carbocycles. The predicted octanol–water partition coefficient (Wildman–Crippen LogP) is 4.03. The average Bonchev–Trinajstić information content (AvgIpc) is 3.18. The molecule has 182 valence electrons. The first-order valence-electron chi connectivity index (χ1n) is 11.4. The molecule has 8 nitrogen and oxygen atoms in total. The number of rotatable bonds is 9. The fourth-order valence-electron chi connectivity index (χ4n) is 4.36. The van der Waals surface area contributed by atoms with Gasteiger partial charge in [-0.2, -0.15) is 0 Å². The second-order valence-electron chi connectivity index (χ2n) is 9.02. The topological polar surface area (TPSA) is 92.3 Å². The van der Waals surface area contributed by atoms with Gasteiger partial charge in [0.25, 0.3) is 0 Å². The number of benzene rings is 2. The van der Waals surface area contributed by atoms with E-state index in [-0.39, 0.29) is 11.9 Å². The third-order valence-corrected chi connectivity index (χ3v) is 6.16. The van der Waals surface area contributed by atoms with Gasteiger partial charge in [-0.15, -0.1) is 0 Å². The molecule has 34 heavy (non-hydrogen) atoms. The largest absolute Gasteiger partial charge is 0.493 e. The lowest BCUT2D eigenvalue weighted by molar-refractivity contribution is -0.129. The van der Waals surface area contributed by atoms with Crippen molar-refractivity contribution in [1.29, 1.82) is 0 Å². The van der Waals surface area contributed by atoms with Crippen molar-refractivity contribution < 1.29 is 33.3 Å². The molecular formula is C26H31NO7. The Balaban J connectivity index is 1.64. The normalized spacial score (nSPS) is 16.0. The Morgan fingerprint density at radius 1 is 1.03 bits per heavy atom. The van der Waals surface area contributed by atoms with Crippen LogP contribution in [0.15, 0.2) is 30.3 Å². The molecule has 1 fully saturated rings. The van der Waals surface area contributed by atoms with E-state index in [2.05, 4.69) is 5.32 Å². The molecule has 0 spiro atoms. The number of methoxy groups -OCH3 is 2. The minimum Gasteiger partial charge on any atom is -0.493 e. The highest BCUT2D eigenvalue weighted by molar-refractivity contribution is 6.02. The molecule has 2 aliphatic rings. The Morgan fingerprint density at radius 3 is 2.44 bits per heavy atom. The molecule has 0 aromatic heterocycles. The monoisotopic (exact) mass is 469 g/mol. The van der Waals surface area contributed by atoms with Crippen molar-refractivity contribution in [2.75, 3.05) is 40.6 Å². The maximum Gasteiger partial charge on any atom is 0.407 e. The van der Waals surface area contributed by atoms with E-state index < -0.39 is 11.5 Å². The number of fused-ring (bicyclic) bond motifs is 1. The predicted molar refractivity (Wildman–Crippen MR) is 126 cm³/mol. The van der Waals surface area contributed by atoms with Crippen LogP contribution in [-0.4, -0.2) is 58.6 Å². The van der Waals surface area contributed by atoms with E-state index in [9.17, 15) is 9.59 Å². The molecule has 4 rings (SSSR count). The molecule has 1 aliphatic heterocycles. The first-order valence-corrected chi connectivity index (χ1v) is 11.4. The van der Waals surface area contributed by atoms with Gasteiger partial charge in [-0.25, -0.2) is 4.79 Å². The molecular weight excluding hydrogens is 438 g/mol. The SMILES string of the molecule is COc1ccc(-c2cccc3c2CCC3=O)c(OCC2(CNC(=O)OC(C)C)COC2)c1OC. The van der Waals surface area contributed by atoms with Crippen LogP contribution in [0, 0.1) is 5.41 Å². The maximum absolute atomic E-state index is 12.3. The first kappa shape index (κ1) is 23.9. The molecule has 1 heterocycles. The molecule has 2 aromatic rings. The zero-order valence-corrected chi connectivity index (χ0v) is 20.1. The van der Waals surface area contributed by atoms with Crippen LogP contribution in [0.1, 0.15) is 36.2 Å². The number of ether oxygens (including phenoxy) is 5. The van der Waals surface area contributed by atoms with Gasteiger partial charge >= 0.3 is 6.09 Å². The Hall–Kier alpha value is -3.26. The quantitative estimate of drug-likeness (QED) is 0.593. The number of nitrogens with one attached hydrogen (secondary N) is 1. The number of alkyl carbamates (subject to hydrolysis) is 1. The maximum atomic E-state index is 12.3. The van der Waals surface area contributed by atoms with Crippen molar-refractivity contribution in [3.63, 3.8) is 0 Å². The van der Waals surface area contributed by atoms with Crippen LogP contribution in [0.2, 0.25) is 0 Å². The number of hydrogen-bond acceptors (Lipinski definition) is 7. The molecule has 2 aromatic carbocycles. The minimum atomic E-state index is -0.467. The van der Waals surface area contributed by atoms with E-state index in [0.717, 1.165) is 22.3 Å². The van der Waals surface area contributed by atoms with Gasteiger partial charge in [0.15, 0.2) is 17.3 Å². The van der Waals surface area contributed by atoms with E-state index in [4.69, 9.17) is 23.7 Å². The fraction of sp³-hybridized carbons (Fsp3) is 0.462. The van der Waals surface area contributed by atoms with Gasteiger partial charge in [0, 0.05) is 24.1 Å². The van der Waals surface area contributed by atoms with Crippen LogP contribution >= 0.6 is 0 Å². The smallest absolute Gasteiger partial charge is 0.407 e. The molecule has 1 N–H and O–H groups in total. The number of Topliss-reactive ketones (excluding diaryl/α,β-unsaturated/α-hetero) is 1. The van der Waals surface area contributed by atoms with Gasteiger partial charge < -0.3 is 29.0 Å². The van der Waals surface area contributed by atoms with Gasteiger partial charge in [0.1, 0.15) is 6.61 Å². The third kappa shape index (κ3) is 4.68. The van der Waals surface area contributed by atoms with Crippen LogP contribution in [0.3, 0.4) is 0 Å². The Kier molecular flexibility index (Phi) is 6.97.